The summed E-state index contributed by atoms with van der Waals surface area (Å²) in [5, 5.41) is 28.6. The van der Waals surface area contributed by atoms with Gasteiger partial charge in [0.25, 0.3) is 0 Å². The molecule has 0 heterocycles. The second-order valence-electron chi connectivity index (χ2n) is 20.4. The number of allylic oxidation sites excluding steroid dienone is 4. The van der Waals surface area contributed by atoms with Gasteiger partial charge in [0, 0.05) is 18.9 Å². The van der Waals surface area contributed by atoms with Crippen molar-refractivity contribution < 1.29 is 24.9 Å². The lowest BCUT2D eigenvalue weighted by atomic mass is 9.47. The molecule has 0 unspecified atom stereocenters. The zero-order chi connectivity index (χ0) is 37.4. The molecular formula is C47H79BrO5. The Morgan fingerprint density at radius 1 is 0.642 bits per heavy atom. The van der Waals surface area contributed by atoms with E-state index in [4.69, 9.17) is 5.11 Å². The number of Topliss-reactive ketones (excluding diaryl/α,β-unsaturated/α-hetero) is 2. The highest BCUT2D eigenvalue weighted by molar-refractivity contribution is 9.09. The van der Waals surface area contributed by atoms with Gasteiger partial charge >= 0.3 is 0 Å². The van der Waals surface area contributed by atoms with Crippen molar-refractivity contribution in [2.75, 3.05) is 12.4 Å². The van der Waals surface area contributed by atoms with E-state index in [1.165, 1.54) is 38.5 Å². The highest BCUT2D eigenvalue weighted by Gasteiger charge is 2.60. The number of alkyl halides is 1. The number of carbonyl (C=O) groups excluding carboxylic acids is 2. The summed E-state index contributed by atoms with van der Waals surface area (Å²) < 4.78 is 0. The Morgan fingerprint density at radius 2 is 1.04 bits per heavy atom. The fraction of sp³-hybridized carbons (Fsp3) is 0.872. The molecule has 0 aromatic heterocycles. The van der Waals surface area contributed by atoms with Crippen LogP contribution in [0.4, 0.5) is 0 Å². The Morgan fingerprint density at radius 3 is 1.43 bits per heavy atom. The Hall–Kier alpha value is -0.820. The van der Waals surface area contributed by atoms with Crippen molar-refractivity contribution in [3.63, 3.8) is 0 Å². The summed E-state index contributed by atoms with van der Waals surface area (Å²) in [6.45, 7) is 15.6. The maximum Gasteiger partial charge on any atom is 0.147 e. The molecule has 53 heavy (non-hydrogen) atoms. The van der Waals surface area contributed by atoms with Crippen LogP contribution in [0, 0.1) is 69.0 Å². The van der Waals surface area contributed by atoms with Crippen molar-refractivity contribution in [1.29, 1.82) is 0 Å². The van der Waals surface area contributed by atoms with Crippen LogP contribution in [0.2, 0.25) is 0 Å². The average Bonchev–Trinajstić information content (AvgIpc) is 3.63. The van der Waals surface area contributed by atoms with Crippen LogP contribution in [-0.2, 0) is 9.59 Å². The van der Waals surface area contributed by atoms with Gasteiger partial charge in [0.15, 0.2) is 0 Å². The number of ketones is 2. The van der Waals surface area contributed by atoms with Crippen molar-refractivity contribution >= 4 is 27.5 Å². The highest BCUT2D eigenvalue weighted by atomic mass is 79.9. The number of aliphatic hydroxyl groups excluding tert-OH is 1. The molecule has 6 fully saturated rings. The van der Waals surface area contributed by atoms with Gasteiger partial charge in [-0.1, -0.05) is 81.8 Å². The number of carbonyl (C=O) groups is 2. The fourth-order valence-corrected chi connectivity index (χ4v) is 15.1. The topological polar surface area (TPSA) is 94.8 Å². The summed E-state index contributed by atoms with van der Waals surface area (Å²) >= 11 is 3.41. The van der Waals surface area contributed by atoms with Gasteiger partial charge in [-0.15, -0.1) is 0 Å². The molecule has 6 heteroatoms. The van der Waals surface area contributed by atoms with Crippen LogP contribution >= 0.6 is 15.9 Å². The molecule has 0 radical (unpaired) electrons. The van der Waals surface area contributed by atoms with E-state index in [1.807, 2.05) is 13.8 Å². The molecular weight excluding hydrogens is 724 g/mol. The zero-order valence-corrected chi connectivity index (χ0v) is 34.9. The van der Waals surface area contributed by atoms with Gasteiger partial charge in [-0.05, 0) is 181 Å². The molecule has 0 saturated heterocycles. The van der Waals surface area contributed by atoms with E-state index in [9.17, 15) is 19.8 Å². The first-order valence-corrected chi connectivity index (χ1v) is 21.9. The van der Waals surface area contributed by atoms with Crippen molar-refractivity contribution in [1.82, 2.24) is 0 Å². The molecule has 14 atom stereocenters. The first-order valence-electron chi connectivity index (χ1n) is 20.8. The minimum atomic E-state index is -0.471. The Kier molecular flexibility index (Phi) is 13.4. The van der Waals surface area contributed by atoms with Crippen LogP contribution < -0.4 is 0 Å². The Bertz CT molecular complexity index is 1410. The summed E-state index contributed by atoms with van der Waals surface area (Å²) in [6.07, 6.45) is 23.0. The van der Waals surface area contributed by atoms with Crippen LogP contribution in [0.3, 0.4) is 0 Å². The summed E-state index contributed by atoms with van der Waals surface area (Å²) in [5.41, 5.74) is 3.42. The van der Waals surface area contributed by atoms with Gasteiger partial charge in [-0.25, -0.2) is 0 Å². The molecule has 0 bridgehead atoms. The van der Waals surface area contributed by atoms with Crippen LogP contribution in [0.1, 0.15) is 166 Å². The molecule has 0 spiro atoms. The van der Waals surface area contributed by atoms with Gasteiger partial charge in [0.1, 0.15) is 11.6 Å². The maximum atomic E-state index is 12.5. The molecule has 0 aromatic carbocycles. The third kappa shape index (κ3) is 7.42. The lowest BCUT2D eigenvalue weighted by molar-refractivity contribution is -0.125. The normalized spacial score (nSPS) is 48.9. The van der Waals surface area contributed by atoms with E-state index in [2.05, 4.69) is 55.8 Å². The third-order valence-electron chi connectivity index (χ3n) is 17.6. The van der Waals surface area contributed by atoms with Crippen molar-refractivity contribution in [2.45, 2.75) is 177 Å². The fourth-order valence-electron chi connectivity index (χ4n) is 14.7. The second-order valence-corrected chi connectivity index (χ2v) is 21.0. The maximum absolute atomic E-state index is 12.5. The summed E-state index contributed by atoms with van der Waals surface area (Å²) in [5.74, 6) is 5.36. The minimum absolute atomic E-state index is 0. The number of fused-ring (bicyclic) bond motifs is 10. The van der Waals surface area contributed by atoms with Gasteiger partial charge in [-0.2, -0.15) is 0 Å². The van der Waals surface area contributed by atoms with Crippen molar-refractivity contribution in [2.24, 2.45) is 69.0 Å². The molecule has 0 amide bonds. The van der Waals surface area contributed by atoms with Crippen molar-refractivity contribution in [3.8, 4) is 0 Å². The van der Waals surface area contributed by atoms with Gasteiger partial charge in [0.2, 0.25) is 0 Å². The number of halogens is 1. The first-order chi connectivity index (χ1) is 23.9. The minimum Gasteiger partial charge on any atom is -0.400 e. The molecule has 0 aliphatic heterocycles. The standard InChI is InChI=1S/C22H33BrO2.C22H34O2.CH4O.2CH4/c1-20(25)10-11-21(2)14(12-20)4-5-15-16-6-7-18(19(24)13-23)22(16,3)9-8-17(15)21;1-14(23)17-7-8-18-16-6-5-15-13-20(2,24)11-12-21(15,3)19(16)9-10-22(17,18)4;1-2;;/h8,14-16,18,25H,4-7,9-13H2,1-3H3;9,15-18,24H,5-8,10-13H2,1-4H3;2H,1H3;2*1H4/t14-,15+,16+,18-,20-,21+,22+;15-,16+,17-,18+,20-,21+,22-;;;/m11.../s1. The SMILES string of the molecule is C.C.CC(=O)[C@H]1CC[C@H]2[C@@H]3CC[C@@H]4C[C@](C)(O)CC[C@]4(C)C3=CC[C@]12C.CO.C[C@@]1(O)CC[C@]2(C)C3=CC[C@]4(C)[C@@H](C(=O)CBr)CC[C@H]4[C@@H]3CC[C@@H]2C1. The molecule has 6 saturated carbocycles. The van der Waals surface area contributed by atoms with Gasteiger partial charge in [-0.3, -0.25) is 9.59 Å². The molecule has 8 aliphatic carbocycles. The van der Waals surface area contributed by atoms with E-state index < -0.39 is 11.2 Å². The molecule has 0 aromatic rings. The predicted molar refractivity (Wildman–Crippen MR) is 223 cm³/mol. The number of hydrogen-bond acceptors (Lipinski definition) is 5. The van der Waals surface area contributed by atoms with Crippen LogP contribution in [0.5, 0.6) is 0 Å². The van der Waals surface area contributed by atoms with Gasteiger partial charge in [0.05, 0.1) is 16.5 Å². The molecule has 304 valence electrons. The number of aliphatic hydroxyl groups is 3. The Labute approximate surface area is 333 Å². The number of rotatable bonds is 3. The van der Waals surface area contributed by atoms with Gasteiger partial charge < -0.3 is 15.3 Å². The van der Waals surface area contributed by atoms with Crippen LogP contribution in [0.25, 0.3) is 0 Å². The quantitative estimate of drug-likeness (QED) is 0.195. The average molecular weight is 804 g/mol. The largest absolute Gasteiger partial charge is 0.400 e. The van der Waals surface area contributed by atoms with E-state index >= 15 is 0 Å². The molecule has 8 aliphatic rings. The summed E-state index contributed by atoms with van der Waals surface area (Å²) in [4.78, 5) is 24.7. The zero-order valence-electron chi connectivity index (χ0n) is 33.3. The van der Waals surface area contributed by atoms with E-state index in [0.29, 0.717) is 57.8 Å². The highest BCUT2D eigenvalue weighted by Crippen LogP contribution is 2.68. The van der Waals surface area contributed by atoms with Crippen molar-refractivity contribution in [3.05, 3.63) is 23.3 Å². The third-order valence-corrected chi connectivity index (χ3v) is 18.2. The molecule has 8 rings (SSSR count). The van der Waals surface area contributed by atoms with E-state index in [-0.39, 0.29) is 42.9 Å². The molecule has 5 nitrogen and oxygen atoms in total. The van der Waals surface area contributed by atoms with E-state index in [1.54, 1.807) is 18.1 Å². The smallest absolute Gasteiger partial charge is 0.147 e. The predicted octanol–water partition coefficient (Wildman–Crippen LogP) is 11.1. The summed E-state index contributed by atoms with van der Waals surface area (Å²) in [7, 11) is 1.00. The molecule has 3 N–H and O–H groups in total. The lowest BCUT2D eigenvalue weighted by Gasteiger charge is -2.58. The Balaban J connectivity index is 0.000000218. The summed E-state index contributed by atoms with van der Waals surface area (Å²) in [6, 6.07) is 0. The van der Waals surface area contributed by atoms with Crippen LogP contribution in [-0.4, -0.2) is 50.5 Å². The monoisotopic (exact) mass is 803 g/mol. The first kappa shape index (κ1) is 44.9. The number of hydrogen-bond donors (Lipinski definition) is 3. The second kappa shape index (κ2) is 15.8. The van der Waals surface area contributed by atoms with E-state index in [0.717, 1.165) is 71.3 Å². The van der Waals surface area contributed by atoms with Crippen LogP contribution in [0.15, 0.2) is 23.3 Å². The lowest BCUT2D eigenvalue weighted by Crippen LogP contribution is -2.51.